The van der Waals surface area contributed by atoms with E-state index in [1.54, 1.807) is 12.1 Å². The van der Waals surface area contributed by atoms with Gasteiger partial charge in [0.05, 0.1) is 17.0 Å². The first kappa shape index (κ1) is 34.6. The molecule has 0 amide bonds. The molecule has 220 valence electrons. The molecular formula is C35H44N2O2RuS. The molecule has 0 radical (unpaired) electrons. The molecule has 0 aliphatic rings. The Hall–Kier alpha value is -2.63. The van der Waals surface area contributed by atoms with Gasteiger partial charge in [0.25, 0.3) is 0 Å². The van der Waals surface area contributed by atoms with Crippen LogP contribution in [0.4, 0.5) is 0 Å². The summed E-state index contributed by atoms with van der Waals surface area (Å²) < 4.78 is 29.1. The van der Waals surface area contributed by atoms with E-state index in [-0.39, 0.29) is 29.8 Å². The first-order valence-electron chi connectivity index (χ1n) is 13.7. The Labute approximate surface area is 260 Å². The number of sulfonamides is 1. The molecule has 0 saturated heterocycles. The quantitative estimate of drug-likeness (QED) is 0.207. The number of hydrogen-bond donors (Lipinski definition) is 2. The van der Waals surface area contributed by atoms with Gasteiger partial charge in [-0.3, -0.25) is 0 Å². The van der Waals surface area contributed by atoms with Gasteiger partial charge in [0.2, 0.25) is 10.0 Å². The largest absolute Gasteiger partial charge is 0.322 e. The number of hydrogen-bond acceptors (Lipinski definition) is 3. The van der Waals surface area contributed by atoms with E-state index >= 15 is 0 Å². The van der Waals surface area contributed by atoms with E-state index in [0.29, 0.717) is 0 Å². The maximum atomic E-state index is 13.1. The summed E-state index contributed by atoms with van der Waals surface area (Å²) in [5.41, 5.74) is 16.4. The summed E-state index contributed by atoms with van der Waals surface area (Å²) in [6, 6.07) is 27.1. The fraction of sp³-hybridized carbons (Fsp3) is 0.314. The summed E-state index contributed by atoms with van der Waals surface area (Å²) in [5.74, 6) is 0. The molecule has 0 aromatic heterocycles. The van der Waals surface area contributed by atoms with Crippen molar-refractivity contribution in [2.75, 3.05) is 0 Å². The van der Waals surface area contributed by atoms with Crippen LogP contribution in [0.25, 0.3) is 0 Å². The number of nitrogens with two attached hydrogens (primary N) is 1. The Morgan fingerprint density at radius 2 is 1.10 bits per heavy atom. The van der Waals surface area contributed by atoms with Gasteiger partial charge < -0.3 is 5.73 Å². The molecule has 0 spiro atoms. The second kappa shape index (κ2) is 14.5. The number of nitrogens with one attached hydrogen (secondary N) is 1. The van der Waals surface area contributed by atoms with E-state index in [1.807, 2.05) is 72.8 Å². The summed E-state index contributed by atoms with van der Waals surface area (Å²) in [6.07, 6.45) is 0. The fourth-order valence-electron chi connectivity index (χ4n) is 4.66. The fourth-order valence-corrected chi connectivity index (χ4v) is 5.91. The van der Waals surface area contributed by atoms with Crippen molar-refractivity contribution in [1.82, 2.24) is 4.72 Å². The van der Waals surface area contributed by atoms with Crippen LogP contribution in [0.1, 0.15) is 77.4 Å². The third-order valence-electron chi connectivity index (χ3n) is 7.76. The minimum atomic E-state index is -3.75. The SMILES string of the molecule is CC(C)(C)c1ccc(S(=O)(=O)N[C@@H](c2ccccc2)[C@@H](N)c2ccccc2)cc1.Cc1cc(C)c(C)c(C)c1C.[Ru]. The maximum Gasteiger partial charge on any atom is 0.241 e. The normalized spacial score (nSPS) is 12.9. The zero-order valence-electron chi connectivity index (χ0n) is 25.5. The summed E-state index contributed by atoms with van der Waals surface area (Å²) in [5, 5.41) is 0. The minimum Gasteiger partial charge on any atom is -0.322 e. The molecule has 2 atom stereocenters. The maximum absolute atomic E-state index is 13.1. The second-order valence-corrected chi connectivity index (χ2v) is 13.3. The van der Waals surface area contributed by atoms with Crippen LogP contribution in [0.3, 0.4) is 0 Å². The second-order valence-electron chi connectivity index (χ2n) is 11.6. The van der Waals surface area contributed by atoms with Gasteiger partial charge in [-0.05, 0) is 96.7 Å². The summed E-state index contributed by atoms with van der Waals surface area (Å²) in [7, 11) is -3.75. The molecule has 3 N–H and O–H groups in total. The van der Waals surface area contributed by atoms with Crippen molar-refractivity contribution in [3.05, 3.63) is 136 Å². The molecule has 0 unspecified atom stereocenters. The Bertz CT molecular complexity index is 1490. The van der Waals surface area contributed by atoms with E-state index in [1.165, 1.54) is 27.8 Å². The molecule has 4 rings (SSSR count). The van der Waals surface area contributed by atoms with Crippen LogP contribution in [0, 0.1) is 34.6 Å². The first-order valence-corrected chi connectivity index (χ1v) is 15.2. The van der Waals surface area contributed by atoms with Gasteiger partial charge in [0.1, 0.15) is 0 Å². The van der Waals surface area contributed by atoms with Gasteiger partial charge in [-0.15, -0.1) is 0 Å². The first-order chi connectivity index (χ1) is 18.7. The molecule has 0 saturated carbocycles. The van der Waals surface area contributed by atoms with Gasteiger partial charge in [-0.25, -0.2) is 13.1 Å². The average molecular weight is 658 g/mol. The Morgan fingerprint density at radius 1 is 0.659 bits per heavy atom. The van der Waals surface area contributed by atoms with Crippen LogP contribution in [-0.4, -0.2) is 8.42 Å². The van der Waals surface area contributed by atoms with Crippen molar-refractivity contribution in [3.8, 4) is 0 Å². The molecule has 0 bridgehead atoms. The molecule has 6 heteroatoms. The molecule has 0 aliphatic heterocycles. The van der Waals surface area contributed by atoms with Crippen LogP contribution in [0.2, 0.25) is 0 Å². The van der Waals surface area contributed by atoms with E-state index in [9.17, 15) is 8.42 Å². The van der Waals surface area contributed by atoms with E-state index in [0.717, 1.165) is 16.7 Å². The monoisotopic (exact) mass is 658 g/mol. The van der Waals surface area contributed by atoms with E-state index < -0.39 is 22.1 Å². The number of rotatable bonds is 6. The van der Waals surface area contributed by atoms with Crippen molar-refractivity contribution in [2.45, 2.75) is 77.8 Å². The molecule has 4 aromatic rings. The van der Waals surface area contributed by atoms with Crippen LogP contribution in [0.15, 0.2) is 95.9 Å². The Morgan fingerprint density at radius 3 is 1.54 bits per heavy atom. The van der Waals surface area contributed by atoms with Crippen LogP contribution in [-0.2, 0) is 34.9 Å². The zero-order valence-corrected chi connectivity index (χ0v) is 28.0. The van der Waals surface area contributed by atoms with Gasteiger partial charge in [-0.1, -0.05) is 99.6 Å². The van der Waals surface area contributed by atoms with Crippen molar-refractivity contribution < 1.29 is 27.9 Å². The molecular weight excluding hydrogens is 614 g/mol. The van der Waals surface area contributed by atoms with Crippen molar-refractivity contribution >= 4 is 10.0 Å². The molecule has 4 nitrogen and oxygen atoms in total. The predicted molar refractivity (Wildman–Crippen MR) is 168 cm³/mol. The Balaban J connectivity index is 0.000000413. The zero-order chi connectivity index (χ0) is 29.7. The van der Waals surface area contributed by atoms with E-state index in [2.05, 4.69) is 66.2 Å². The summed E-state index contributed by atoms with van der Waals surface area (Å²) >= 11 is 0. The van der Waals surface area contributed by atoms with Crippen LogP contribution < -0.4 is 10.5 Å². The average Bonchev–Trinajstić information content (AvgIpc) is 2.94. The Kier molecular flexibility index (Phi) is 12.2. The van der Waals surface area contributed by atoms with Crippen molar-refractivity contribution in [1.29, 1.82) is 0 Å². The standard InChI is InChI=1S/C24H28N2O2S.C11H16.Ru/c1-24(2,3)20-14-16-21(17-15-20)29(27,28)26-23(19-12-8-5-9-13-19)22(25)18-10-6-4-7-11-18;1-7-6-8(2)10(4)11(5)9(7)3;/h4-17,22-23,26H,25H2,1-3H3;6H,1-5H3;/t22-,23-;;/m0../s1. The number of aryl methyl sites for hydroxylation is 2. The molecule has 0 heterocycles. The van der Waals surface area contributed by atoms with Gasteiger partial charge in [0, 0.05) is 19.5 Å². The van der Waals surface area contributed by atoms with E-state index in [4.69, 9.17) is 5.73 Å². The third-order valence-corrected chi connectivity index (χ3v) is 9.21. The van der Waals surface area contributed by atoms with Crippen LogP contribution in [0.5, 0.6) is 0 Å². The molecule has 41 heavy (non-hydrogen) atoms. The third kappa shape index (κ3) is 8.93. The topological polar surface area (TPSA) is 72.2 Å². The molecule has 0 fully saturated rings. The van der Waals surface area contributed by atoms with Crippen molar-refractivity contribution in [2.24, 2.45) is 5.73 Å². The smallest absolute Gasteiger partial charge is 0.241 e. The molecule has 0 aliphatic carbocycles. The van der Waals surface area contributed by atoms with Gasteiger partial charge >= 0.3 is 0 Å². The summed E-state index contributed by atoms with van der Waals surface area (Å²) in [6.45, 7) is 17.2. The predicted octanol–water partition coefficient (Wildman–Crippen LogP) is 7.93. The van der Waals surface area contributed by atoms with Gasteiger partial charge in [0.15, 0.2) is 0 Å². The van der Waals surface area contributed by atoms with Crippen molar-refractivity contribution in [3.63, 3.8) is 0 Å². The van der Waals surface area contributed by atoms with Crippen LogP contribution >= 0.6 is 0 Å². The minimum absolute atomic E-state index is 0. The summed E-state index contributed by atoms with van der Waals surface area (Å²) in [4.78, 5) is 0.228. The number of benzene rings is 4. The van der Waals surface area contributed by atoms with Gasteiger partial charge in [-0.2, -0.15) is 0 Å². The molecule has 4 aromatic carbocycles.